The summed E-state index contributed by atoms with van der Waals surface area (Å²) in [4.78, 5) is 11.4. The van der Waals surface area contributed by atoms with Crippen LogP contribution in [0.5, 0.6) is 5.75 Å². The normalized spacial score (nSPS) is 22.8. The van der Waals surface area contributed by atoms with Crippen LogP contribution < -0.4 is 10.5 Å². The molecule has 2 N–H and O–H groups in total. The zero-order chi connectivity index (χ0) is 13.7. The van der Waals surface area contributed by atoms with Crippen molar-refractivity contribution in [1.29, 1.82) is 0 Å². The van der Waals surface area contributed by atoms with Crippen molar-refractivity contribution in [3.8, 4) is 5.75 Å². The summed E-state index contributed by atoms with van der Waals surface area (Å²) in [6, 6.07) is 7.95. The predicted molar refractivity (Wildman–Crippen MR) is 73.0 cm³/mol. The lowest BCUT2D eigenvalue weighted by atomic mass is 9.93. The first kappa shape index (κ1) is 13.9. The van der Waals surface area contributed by atoms with Crippen LogP contribution in [0.4, 0.5) is 0 Å². The monoisotopic (exact) mass is 263 g/mol. The van der Waals surface area contributed by atoms with Crippen molar-refractivity contribution in [2.45, 2.75) is 44.2 Å². The summed E-state index contributed by atoms with van der Waals surface area (Å²) in [5, 5.41) is 0. The fourth-order valence-electron chi connectivity index (χ4n) is 2.38. The molecule has 0 heterocycles. The van der Waals surface area contributed by atoms with Crippen molar-refractivity contribution in [3.63, 3.8) is 0 Å². The molecule has 0 aliphatic heterocycles. The van der Waals surface area contributed by atoms with Crippen LogP contribution in [0, 0.1) is 0 Å². The Balaban J connectivity index is 2.01. The summed E-state index contributed by atoms with van der Waals surface area (Å²) in [6.07, 6.45) is 4.42. The molecule has 0 spiro atoms. The Labute approximate surface area is 113 Å². The highest BCUT2D eigenvalue weighted by Crippen LogP contribution is 2.26. The van der Waals surface area contributed by atoms with Crippen LogP contribution in [0.1, 0.15) is 31.2 Å². The fraction of sp³-hybridized carbons (Fsp3) is 0.533. The van der Waals surface area contributed by atoms with E-state index in [0.29, 0.717) is 6.04 Å². The number of carbonyl (C=O) groups is 1. The van der Waals surface area contributed by atoms with Gasteiger partial charge in [-0.3, -0.25) is 4.79 Å². The second-order valence-electron chi connectivity index (χ2n) is 5.02. The molecule has 0 radical (unpaired) electrons. The van der Waals surface area contributed by atoms with E-state index in [0.717, 1.165) is 37.0 Å². The Hall–Kier alpha value is -1.55. The maximum Gasteiger partial charge on any atom is 0.310 e. The number of methoxy groups -OCH3 is 1. The van der Waals surface area contributed by atoms with Gasteiger partial charge >= 0.3 is 5.97 Å². The number of carbonyl (C=O) groups excluding carboxylic acids is 1. The fourth-order valence-corrected chi connectivity index (χ4v) is 2.38. The van der Waals surface area contributed by atoms with E-state index in [4.69, 9.17) is 15.2 Å². The number of hydrogen-bond acceptors (Lipinski definition) is 4. The Morgan fingerprint density at radius 3 is 2.63 bits per heavy atom. The third-order valence-electron chi connectivity index (χ3n) is 3.55. The van der Waals surface area contributed by atoms with Crippen LogP contribution >= 0.6 is 0 Å². The van der Waals surface area contributed by atoms with Gasteiger partial charge in [-0.2, -0.15) is 0 Å². The molecule has 0 unspecified atom stereocenters. The van der Waals surface area contributed by atoms with E-state index in [1.807, 2.05) is 24.3 Å². The second-order valence-corrected chi connectivity index (χ2v) is 5.02. The highest BCUT2D eigenvalue weighted by Gasteiger charge is 2.21. The number of hydrogen-bond donors (Lipinski definition) is 1. The van der Waals surface area contributed by atoms with Crippen LogP contribution in [0.2, 0.25) is 0 Å². The van der Waals surface area contributed by atoms with E-state index < -0.39 is 0 Å². The molecule has 1 aliphatic carbocycles. The lowest BCUT2D eigenvalue weighted by molar-refractivity contribution is -0.139. The predicted octanol–water partition coefficient (Wildman–Crippen LogP) is 2.05. The number of rotatable bonds is 4. The minimum absolute atomic E-state index is 0.207. The van der Waals surface area contributed by atoms with Crippen molar-refractivity contribution in [1.82, 2.24) is 0 Å². The molecule has 0 amide bonds. The first-order valence-corrected chi connectivity index (χ1v) is 6.76. The Kier molecular flexibility index (Phi) is 4.80. The van der Waals surface area contributed by atoms with Gasteiger partial charge in [-0.05, 0) is 31.7 Å². The molecule has 1 aromatic rings. The molecule has 104 valence electrons. The molecule has 1 aromatic carbocycles. The number of esters is 1. The third-order valence-corrected chi connectivity index (χ3v) is 3.55. The van der Waals surface area contributed by atoms with E-state index in [1.54, 1.807) is 0 Å². The van der Waals surface area contributed by atoms with E-state index in [9.17, 15) is 4.79 Å². The van der Waals surface area contributed by atoms with E-state index in [2.05, 4.69) is 0 Å². The van der Waals surface area contributed by atoms with Crippen LogP contribution in [-0.2, 0) is 16.0 Å². The summed E-state index contributed by atoms with van der Waals surface area (Å²) in [7, 11) is 1.40. The quantitative estimate of drug-likeness (QED) is 0.845. The van der Waals surface area contributed by atoms with Gasteiger partial charge in [0, 0.05) is 11.6 Å². The van der Waals surface area contributed by atoms with Crippen molar-refractivity contribution < 1.29 is 14.3 Å². The second kappa shape index (κ2) is 6.57. The van der Waals surface area contributed by atoms with E-state index in [1.165, 1.54) is 7.11 Å². The van der Waals surface area contributed by atoms with Gasteiger partial charge in [0.25, 0.3) is 0 Å². The molecule has 4 heteroatoms. The first-order chi connectivity index (χ1) is 9.19. The summed E-state index contributed by atoms with van der Waals surface area (Å²) < 4.78 is 10.7. The summed E-state index contributed by atoms with van der Waals surface area (Å²) in [6.45, 7) is 0. The van der Waals surface area contributed by atoms with E-state index >= 15 is 0 Å². The topological polar surface area (TPSA) is 61.5 Å². The lowest BCUT2D eigenvalue weighted by Gasteiger charge is -2.27. The SMILES string of the molecule is COC(=O)Cc1ccccc1OC1CCC(N)CC1. The van der Waals surface area contributed by atoms with Crippen LogP contribution in [-0.4, -0.2) is 25.2 Å². The van der Waals surface area contributed by atoms with Gasteiger partial charge in [-0.15, -0.1) is 0 Å². The smallest absolute Gasteiger partial charge is 0.310 e. The molecule has 0 bridgehead atoms. The Morgan fingerprint density at radius 1 is 1.26 bits per heavy atom. The first-order valence-electron chi connectivity index (χ1n) is 6.76. The minimum Gasteiger partial charge on any atom is -0.490 e. The van der Waals surface area contributed by atoms with Gasteiger partial charge in [0.15, 0.2) is 0 Å². The zero-order valence-electron chi connectivity index (χ0n) is 11.3. The van der Waals surface area contributed by atoms with E-state index in [-0.39, 0.29) is 18.5 Å². The summed E-state index contributed by atoms with van der Waals surface area (Å²) >= 11 is 0. The minimum atomic E-state index is -0.248. The summed E-state index contributed by atoms with van der Waals surface area (Å²) in [5.74, 6) is 0.537. The molecule has 1 saturated carbocycles. The molecule has 0 saturated heterocycles. The van der Waals surface area contributed by atoms with Gasteiger partial charge in [-0.25, -0.2) is 0 Å². The molecule has 4 nitrogen and oxygen atoms in total. The highest BCUT2D eigenvalue weighted by molar-refractivity contribution is 5.73. The molecular formula is C15H21NO3. The number of ether oxygens (including phenoxy) is 2. The molecule has 1 aliphatic rings. The number of para-hydroxylation sites is 1. The van der Waals surface area contributed by atoms with Gasteiger partial charge < -0.3 is 15.2 Å². The molecule has 1 fully saturated rings. The molecule has 2 rings (SSSR count). The highest BCUT2D eigenvalue weighted by atomic mass is 16.5. The maximum absolute atomic E-state index is 11.4. The van der Waals surface area contributed by atoms with Crippen LogP contribution in [0.15, 0.2) is 24.3 Å². The van der Waals surface area contributed by atoms with Gasteiger partial charge in [0.05, 0.1) is 19.6 Å². The Morgan fingerprint density at radius 2 is 1.95 bits per heavy atom. The summed E-state index contributed by atoms with van der Waals surface area (Å²) in [5.41, 5.74) is 6.77. The molecule has 0 atom stereocenters. The van der Waals surface area contributed by atoms with Crippen molar-refractivity contribution in [3.05, 3.63) is 29.8 Å². The molecule has 19 heavy (non-hydrogen) atoms. The van der Waals surface area contributed by atoms with Crippen molar-refractivity contribution in [2.75, 3.05) is 7.11 Å². The Bertz CT molecular complexity index is 425. The van der Waals surface area contributed by atoms with Crippen molar-refractivity contribution in [2.24, 2.45) is 5.73 Å². The van der Waals surface area contributed by atoms with Crippen molar-refractivity contribution >= 4 is 5.97 Å². The van der Waals surface area contributed by atoms with Crippen LogP contribution in [0.3, 0.4) is 0 Å². The number of nitrogens with two attached hydrogens (primary N) is 1. The van der Waals surface area contributed by atoms with Crippen LogP contribution in [0.25, 0.3) is 0 Å². The average Bonchev–Trinajstić information content (AvgIpc) is 2.43. The maximum atomic E-state index is 11.4. The van der Waals surface area contributed by atoms with Gasteiger partial charge in [-0.1, -0.05) is 18.2 Å². The molecular weight excluding hydrogens is 242 g/mol. The number of benzene rings is 1. The molecule has 0 aromatic heterocycles. The zero-order valence-corrected chi connectivity index (χ0v) is 11.3. The van der Waals surface area contributed by atoms with Gasteiger partial charge in [0.1, 0.15) is 5.75 Å². The average molecular weight is 263 g/mol. The largest absolute Gasteiger partial charge is 0.490 e. The third kappa shape index (κ3) is 3.96. The standard InChI is InChI=1S/C15H21NO3/c1-18-15(17)10-11-4-2-3-5-14(11)19-13-8-6-12(16)7-9-13/h2-5,12-13H,6-10,16H2,1H3. The lowest BCUT2D eigenvalue weighted by Crippen LogP contribution is -2.31. The van der Waals surface area contributed by atoms with Gasteiger partial charge in [0.2, 0.25) is 0 Å².